The Labute approximate surface area is 118 Å². The van der Waals surface area contributed by atoms with E-state index in [9.17, 15) is 13.2 Å². The van der Waals surface area contributed by atoms with Gasteiger partial charge in [-0.15, -0.1) is 0 Å². The number of nitrogens with one attached hydrogen (secondary N) is 2. The number of fused-ring (bicyclic) bond motifs is 1. The van der Waals surface area contributed by atoms with E-state index in [1.165, 1.54) is 0 Å². The van der Waals surface area contributed by atoms with Gasteiger partial charge in [0, 0.05) is 13.0 Å². The number of carbonyl (C=O) groups is 1. The number of amides is 1. The van der Waals surface area contributed by atoms with Crippen LogP contribution >= 0.6 is 0 Å². The second kappa shape index (κ2) is 6.23. The van der Waals surface area contributed by atoms with Crippen LogP contribution in [-0.2, 0) is 21.2 Å². The number of sulfonamides is 1. The summed E-state index contributed by atoms with van der Waals surface area (Å²) in [4.78, 5) is 11.7. The van der Waals surface area contributed by atoms with Crippen LogP contribution in [0.2, 0.25) is 0 Å². The first-order valence-electron chi connectivity index (χ1n) is 6.39. The standard InChI is InChI=1S/C13H18N2O4S/c1-20(17,18)14-7-6-13(16)15-11-8-10-4-2-3-5-12(10)19-9-11/h2-5,11,14H,6-9H2,1H3,(H,15,16)/t11-/m0/s1. The summed E-state index contributed by atoms with van der Waals surface area (Å²) >= 11 is 0. The molecule has 0 spiro atoms. The molecule has 1 aromatic rings. The van der Waals surface area contributed by atoms with Gasteiger partial charge in [0.1, 0.15) is 12.4 Å². The second-order valence-electron chi connectivity index (χ2n) is 4.80. The monoisotopic (exact) mass is 298 g/mol. The fraction of sp³-hybridized carbons (Fsp3) is 0.462. The number of hydrogen-bond donors (Lipinski definition) is 2. The Morgan fingerprint density at radius 2 is 2.15 bits per heavy atom. The van der Waals surface area contributed by atoms with E-state index < -0.39 is 10.0 Å². The highest BCUT2D eigenvalue weighted by molar-refractivity contribution is 7.88. The molecule has 110 valence electrons. The molecule has 0 aromatic heterocycles. The first-order chi connectivity index (χ1) is 9.44. The molecular weight excluding hydrogens is 280 g/mol. The minimum atomic E-state index is -3.25. The Bertz CT molecular complexity index is 586. The molecule has 1 aliphatic heterocycles. The van der Waals surface area contributed by atoms with Crippen LogP contribution in [0.25, 0.3) is 0 Å². The van der Waals surface area contributed by atoms with Crippen molar-refractivity contribution in [1.29, 1.82) is 0 Å². The van der Waals surface area contributed by atoms with Crippen LogP contribution in [0.1, 0.15) is 12.0 Å². The molecule has 20 heavy (non-hydrogen) atoms. The summed E-state index contributed by atoms with van der Waals surface area (Å²) in [7, 11) is -3.25. The molecule has 0 unspecified atom stereocenters. The number of carbonyl (C=O) groups excluding carboxylic acids is 1. The molecule has 1 aromatic carbocycles. The molecule has 6 nitrogen and oxygen atoms in total. The van der Waals surface area contributed by atoms with Crippen molar-refractivity contribution >= 4 is 15.9 Å². The Kier molecular flexibility index (Phi) is 4.61. The maximum atomic E-state index is 11.7. The van der Waals surface area contributed by atoms with Gasteiger partial charge in [0.05, 0.1) is 12.3 Å². The zero-order valence-corrected chi connectivity index (χ0v) is 12.1. The van der Waals surface area contributed by atoms with Crippen LogP contribution in [0.4, 0.5) is 0 Å². The predicted octanol–water partition coefficient (Wildman–Crippen LogP) is 0.0456. The van der Waals surface area contributed by atoms with E-state index in [1.54, 1.807) is 0 Å². The van der Waals surface area contributed by atoms with Gasteiger partial charge >= 0.3 is 0 Å². The fourth-order valence-corrected chi connectivity index (χ4v) is 2.54. The smallest absolute Gasteiger partial charge is 0.221 e. The van der Waals surface area contributed by atoms with Crippen molar-refractivity contribution in [3.63, 3.8) is 0 Å². The van der Waals surface area contributed by atoms with Gasteiger partial charge in [0.2, 0.25) is 15.9 Å². The average Bonchev–Trinajstić information content (AvgIpc) is 2.37. The third kappa shape index (κ3) is 4.50. The van der Waals surface area contributed by atoms with Gasteiger partial charge in [-0.2, -0.15) is 0 Å². The highest BCUT2D eigenvalue weighted by atomic mass is 32.2. The van der Waals surface area contributed by atoms with Crippen molar-refractivity contribution in [1.82, 2.24) is 10.0 Å². The molecule has 0 fully saturated rings. The zero-order chi connectivity index (χ0) is 14.6. The maximum absolute atomic E-state index is 11.7. The molecule has 7 heteroatoms. The van der Waals surface area contributed by atoms with Gasteiger partial charge in [-0.25, -0.2) is 13.1 Å². The van der Waals surface area contributed by atoms with E-state index >= 15 is 0 Å². The highest BCUT2D eigenvalue weighted by Crippen LogP contribution is 2.23. The van der Waals surface area contributed by atoms with Crippen molar-refractivity contribution in [2.45, 2.75) is 18.9 Å². The summed E-state index contributed by atoms with van der Waals surface area (Å²) in [5.41, 5.74) is 1.07. The van der Waals surface area contributed by atoms with Gasteiger partial charge in [0.15, 0.2) is 0 Å². The van der Waals surface area contributed by atoms with E-state index in [-0.39, 0.29) is 24.9 Å². The maximum Gasteiger partial charge on any atom is 0.221 e. The quantitative estimate of drug-likeness (QED) is 0.804. The lowest BCUT2D eigenvalue weighted by Crippen LogP contribution is -2.43. The molecule has 0 saturated carbocycles. The zero-order valence-electron chi connectivity index (χ0n) is 11.3. The first kappa shape index (κ1) is 14.8. The topological polar surface area (TPSA) is 84.5 Å². The normalized spacial score (nSPS) is 17.9. The lowest BCUT2D eigenvalue weighted by Gasteiger charge is -2.26. The number of rotatable bonds is 5. The molecule has 2 N–H and O–H groups in total. The molecule has 0 radical (unpaired) electrons. The summed E-state index contributed by atoms with van der Waals surface area (Å²) in [6.07, 6.45) is 1.91. The Balaban J connectivity index is 1.79. The lowest BCUT2D eigenvalue weighted by atomic mass is 10.0. The summed E-state index contributed by atoms with van der Waals surface area (Å²) in [5.74, 6) is 0.672. The minimum absolute atomic E-state index is 0.0735. The van der Waals surface area contributed by atoms with E-state index in [0.29, 0.717) is 6.61 Å². The Morgan fingerprint density at radius 1 is 1.40 bits per heavy atom. The SMILES string of the molecule is CS(=O)(=O)NCCC(=O)N[C@@H]1COc2ccccc2C1. The van der Waals surface area contributed by atoms with Crippen LogP contribution < -0.4 is 14.8 Å². The molecule has 0 bridgehead atoms. The van der Waals surface area contributed by atoms with Gasteiger partial charge in [-0.05, 0) is 18.1 Å². The minimum Gasteiger partial charge on any atom is -0.491 e. The molecule has 1 atom stereocenters. The van der Waals surface area contributed by atoms with Crippen molar-refractivity contribution in [2.24, 2.45) is 0 Å². The molecular formula is C13H18N2O4S. The van der Waals surface area contributed by atoms with Gasteiger partial charge in [-0.1, -0.05) is 18.2 Å². The van der Waals surface area contributed by atoms with Crippen LogP contribution in [-0.4, -0.2) is 39.8 Å². The van der Waals surface area contributed by atoms with Crippen molar-refractivity contribution in [2.75, 3.05) is 19.4 Å². The van der Waals surface area contributed by atoms with Crippen molar-refractivity contribution in [3.05, 3.63) is 29.8 Å². The van der Waals surface area contributed by atoms with Crippen LogP contribution in [0.15, 0.2) is 24.3 Å². The average molecular weight is 298 g/mol. The summed E-state index contributed by atoms with van der Waals surface area (Å²) in [6.45, 7) is 0.539. The summed E-state index contributed by atoms with van der Waals surface area (Å²) < 4.78 is 29.6. The van der Waals surface area contributed by atoms with Crippen LogP contribution in [0, 0.1) is 0 Å². The Hall–Kier alpha value is -1.60. The van der Waals surface area contributed by atoms with Crippen molar-refractivity contribution < 1.29 is 17.9 Å². The third-order valence-electron chi connectivity index (χ3n) is 2.96. The van der Waals surface area contributed by atoms with Gasteiger partial charge in [0.25, 0.3) is 0 Å². The first-order valence-corrected chi connectivity index (χ1v) is 8.28. The molecule has 1 aliphatic rings. The summed E-state index contributed by atoms with van der Waals surface area (Å²) in [6, 6.07) is 7.65. The van der Waals surface area contributed by atoms with Gasteiger partial charge in [-0.3, -0.25) is 4.79 Å². The van der Waals surface area contributed by atoms with E-state index in [2.05, 4.69) is 10.0 Å². The molecule has 0 saturated heterocycles. The van der Waals surface area contributed by atoms with Crippen LogP contribution in [0.5, 0.6) is 5.75 Å². The second-order valence-corrected chi connectivity index (χ2v) is 6.64. The number of hydrogen-bond acceptors (Lipinski definition) is 4. The lowest BCUT2D eigenvalue weighted by molar-refractivity contribution is -0.121. The molecule has 0 aliphatic carbocycles. The van der Waals surface area contributed by atoms with Crippen molar-refractivity contribution in [3.8, 4) is 5.75 Å². The molecule has 1 amide bonds. The molecule has 1 heterocycles. The third-order valence-corrected chi connectivity index (χ3v) is 3.69. The number of benzene rings is 1. The van der Waals surface area contributed by atoms with Gasteiger partial charge < -0.3 is 10.1 Å². The summed E-state index contributed by atoms with van der Waals surface area (Å²) in [5, 5.41) is 2.85. The predicted molar refractivity (Wildman–Crippen MR) is 75.0 cm³/mol. The van der Waals surface area contributed by atoms with E-state index in [0.717, 1.165) is 24.0 Å². The number of para-hydroxylation sites is 1. The molecule has 2 rings (SSSR count). The largest absolute Gasteiger partial charge is 0.491 e. The van der Waals surface area contributed by atoms with E-state index in [1.807, 2.05) is 24.3 Å². The number of ether oxygens (including phenoxy) is 1. The van der Waals surface area contributed by atoms with E-state index in [4.69, 9.17) is 4.74 Å². The Morgan fingerprint density at radius 3 is 2.90 bits per heavy atom. The fourth-order valence-electron chi connectivity index (χ4n) is 2.07. The highest BCUT2D eigenvalue weighted by Gasteiger charge is 2.20. The van der Waals surface area contributed by atoms with Crippen LogP contribution in [0.3, 0.4) is 0 Å².